The summed E-state index contributed by atoms with van der Waals surface area (Å²) in [5.41, 5.74) is 0.625. The zero-order chi connectivity index (χ0) is 13.3. The zero-order valence-corrected chi connectivity index (χ0v) is 10.3. The van der Waals surface area contributed by atoms with Crippen LogP contribution in [0.25, 0.3) is 0 Å². The molecule has 6 heteroatoms. The van der Waals surface area contributed by atoms with E-state index in [9.17, 15) is 9.59 Å². The normalized spacial score (nSPS) is 21.0. The van der Waals surface area contributed by atoms with Gasteiger partial charge in [0, 0.05) is 16.5 Å². The highest BCUT2D eigenvalue weighted by molar-refractivity contribution is 6.30. The minimum atomic E-state index is -1.11. The Morgan fingerprint density at radius 2 is 2.22 bits per heavy atom. The number of halogens is 1. The SMILES string of the molecule is COC(=O)CC1c2cc(Cl)ccc2OC1C(=O)O. The number of carbonyl (C=O) groups excluding carboxylic acids is 1. The number of hydrogen-bond donors (Lipinski definition) is 1. The number of esters is 1. The Morgan fingerprint density at radius 3 is 2.83 bits per heavy atom. The fourth-order valence-electron chi connectivity index (χ4n) is 2.00. The Balaban J connectivity index is 2.35. The summed E-state index contributed by atoms with van der Waals surface area (Å²) in [6.07, 6.45) is -1.14. The summed E-state index contributed by atoms with van der Waals surface area (Å²) in [6.45, 7) is 0. The summed E-state index contributed by atoms with van der Waals surface area (Å²) in [4.78, 5) is 22.5. The largest absolute Gasteiger partial charge is 0.478 e. The number of hydrogen-bond acceptors (Lipinski definition) is 4. The topological polar surface area (TPSA) is 72.8 Å². The second-order valence-electron chi connectivity index (χ2n) is 3.95. The minimum Gasteiger partial charge on any atom is -0.478 e. The first-order chi connectivity index (χ1) is 8.52. The summed E-state index contributed by atoms with van der Waals surface area (Å²) in [5.74, 6) is -1.73. The van der Waals surface area contributed by atoms with Crippen LogP contribution in [0.3, 0.4) is 0 Å². The summed E-state index contributed by atoms with van der Waals surface area (Å²) in [5, 5.41) is 9.57. The first-order valence-electron chi connectivity index (χ1n) is 5.28. The van der Waals surface area contributed by atoms with Crippen molar-refractivity contribution in [3.8, 4) is 5.75 Å². The van der Waals surface area contributed by atoms with Crippen LogP contribution in [0.15, 0.2) is 18.2 Å². The Labute approximate surface area is 108 Å². The molecule has 18 heavy (non-hydrogen) atoms. The van der Waals surface area contributed by atoms with Gasteiger partial charge in [-0.15, -0.1) is 0 Å². The van der Waals surface area contributed by atoms with Crippen molar-refractivity contribution in [2.24, 2.45) is 0 Å². The molecule has 0 aliphatic carbocycles. The Bertz CT molecular complexity index is 499. The first kappa shape index (κ1) is 12.7. The number of carboxylic acid groups (broad SMARTS) is 1. The molecule has 0 radical (unpaired) electrons. The van der Waals surface area contributed by atoms with E-state index in [1.165, 1.54) is 7.11 Å². The molecule has 1 aromatic rings. The van der Waals surface area contributed by atoms with E-state index in [0.717, 1.165) is 0 Å². The minimum absolute atomic E-state index is 0.0548. The van der Waals surface area contributed by atoms with Gasteiger partial charge in [0.05, 0.1) is 13.5 Å². The molecule has 2 atom stereocenters. The molecule has 5 nitrogen and oxygen atoms in total. The average molecular weight is 271 g/mol. The third-order valence-corrected chi connectivity index (χ3v) is 3.08. The molecule has 1 aliphatic rings. The molecule has 1 aromatic carbocycles. The second-order valence-corrected chi connectivity index (χ2v) is 4.38. The Kier molecular flexibility index (Phi) is 3.43. The van der Waals surface area contributed by atoms with E-state index in [-0.39, 0.29) is 6.42 Å². The molecule has 0 bridgehead atoms. The average Bonchev–Trinajstić information content (AvgIpc) is 2.67. The maximum Gasteiger partial charge on any atom is 0.345 e. The molecular weight excluding hydrogens is 260 g/mol. The summed E-state index contributed by atoms with van der Waals surface area (Å²) >= 11 is 5.87. The molecule has 0 saturated carbocycles. The van der Waals surface area contributed by atoms with Gasteiger partial charge in [0.15, 0.2) is 0 Å². The van der Waals surface area contributed by atoms with E-state index >= 15 is 0 Å². The van der Waals surface area contributed by atoms with Gasteiger partial charge >= 0.3 is 11.9 Å². The molecule has 1 heterocycles. The fourth-order valence-corrected chi connectivity index (χ4v) is 2.18. The molecule has 0 amide bonds. The first-order valence-corrected chi connectivity index (χ1v) is 5.66. The maximum atomic E-state index is 11.3. The van der Waals surface area contributed by atoms with Gasteiger partial charge in [0.25, 0.3) is 0 Å². The fraction of sp³-hybridized carbons (Fsp3) is 0.333. The molecule has 0 fully saturated rings. The molecule has 2 unspecified atom stereocenters. The van der Waals surface area contributed by atoms with E-state index in [2.05, 4.69) is 4.74 Å². The Morgan fingerprint density at radius 1 is 1.50 bits per heavy atom. The number of carbonyl (C=O) groups is 2. The van der Waals surface area contributed by atoms with Crippen LogP contribution in [0.4, 0.5) is 0 Å². The number of benzene rings is 1. The highest BCUT2D eigenvalue weighted by Gasteiger charge is 2.40. The van der Waals surface area contributed by atoms with Crippen LogP contribution in [-0.2, 0) is 14.3 Å². The number of ether oxygens (including phenoxy) is 2. The van der Waals surface area contributed by atoms with Crippen LogP contribution < -0.4 is 4.74 Å². The number of fused-ring (bicyclic) bond motifs is 1. The van der Waals surface area contributed by atoms with E-state index in [0.29, 0.717) is 16.3 Å². The summed E-state index contributed by atoms with van der Waals surface area (Å²) in [7, 11) is 1.26. The van der Waals surface area contributed by atoms with Crippen LogP contribution in [0.5, 0.6) is 5.75 Å². The van der Waals surface area contributed by atoms with Crippen molar-refractivity contribution in [1.29, 1.82) is 0 Å². The van der Waals surface area contributed by atoms with Crippen molar-refractivity contribution in [3.63, 3.8) is 0 Å². The lowest BCUT2D eigenvalue weighted by atomic mass is 9.92. The summed E-state index contributed by atoms with van der Waals surface area (Å²) < 4.78 is 9.88. The highest BCUT2D eigenvalue weighted by Crippen LogP contribution is 2.41. The summed E-state index contributed by atoms with van der Waals surface area (Å²) in [6, 6.07) is 4.83. The quantitative estimate of drug-likeness (QED) is 0.849. The number of rotatable bonds is 3. The third kappa shape index (κ3) is 2.26. The van der Waals surface area contributed by atoms with Crippen molar-refractivity contribution < 1.29 is 24.2 Å². The molecule has 2 rings (SSSR count). The van der Waals surface area contributed by atoms with E-state index in [4.69, 9.17) is 21.4 Å². The molecular formula is C12H11ClO5. The lowest BCUT2D eigenvalue weighted by Gasteiger charge is -2.13. The maximum absolute atomic E-state index is 11.3. The number of carboxylic acids is 1. The molecule has 96 valence electrons. The second kappa shape index (κ2) is 4.86. The molecule has 1 N–H and O–H groups in total. The van der Waals surface area contributed by atoms with Crippen molar-refractivity contribution >= 4 is 23.5 Å². The van der Waals surface area contributed by atoms with Crippen molar-refractivity contribution in [1.82, 2.24) is 0 Å². The predicted molar refractivity (Wildman–Crippen MR) is 62.9 cm³/mol. The number of methoxy groups -OCH3 is 1. The molecule has 0 aromatic heterocycles. The lowest BCUT2D eigenvalue weighted by molar-refractivity contribution is -0.147. The van der Waals surface area contributed by atoms with Crippen LogP contribution in [0.1, 0.15) is 17.9 Å². The van der Waals surface area contributed by atoms with Crippen LogP contribution in [0, 0.1) is 0 Å². The Hall–Kier alpha value is -1.75. The number of aliphatic carboxylic acids is 1. The molecule has 1 aliphatic heterocycles. The van der Waals surface area contributed by atoms with Gasteiger partial charge in [0.2, 0.25) is 6.10 Å². The van der Waals surface area contributed by atoms with Gasteiger partial charge in [-0.25, -0.2) is 4.79 Å². The van der Waals surface area contributed by atoms with E-state index in [1.807, 2.05) is 0 Å². The van der Waals surface area contributed by atoms with Crippen molar-refractivity contribution in [2.75, 3.05) is 7.11 Å². The van der Waals surface area contributed by atoms with Crippen molar-refractivity contribution in [3.05, 3.63) is 28.8 Å². The van der Waals surface area contributed by atoms with Gasteiger partial charge in [-0.3, -0.25) is 4.79 Å². The van der Waals surface area contributed by atoms with Gasteiger partial charge < -0.3 is 14.6 Å². The van der Waals surface area contributed by atoms with Gasteiger partial charge in [0.1, 0.15) is 5.75 Å². The third-order valence-electron chi connectivity index (χ3n) is 2.85. The van der Waals surface area contributed by atoms with Crippen LogP contribution in [0.2, 0.25) is 5.02 Å². The van der Waals surface area contributed by atoms with Gasteiger partial charge in [-0.1, -0.05) is 11.6 Å². The van der Waals surface area contributed by atoms with Gasteiger partial charge in [-0.05, 0) is 18.2 Å². The standard InChI is InChI=1S/C12H11ClO5/c1-17-10(14)5-8-7-4-6(13)2-3-9(7)18-11(8)12(15)16/h2-4,8,11H,5H2,1H3,(H,15,16). The van der Waals surface area contributed by atoms with E-state index in [1.54, 1.807) is 18.2 Å². The molecule has 0 spiro atoms. The van der Waals surface area contributed by atoms with Crippen molar-refractivity contribution in [2.45, 2.75) is 18.4 Å². The lowest BCUT2D eigenvalue weighted by Crippen LogP contribution is -2.30. The zero-order valence-electron chi connectivity index (χ0n) is 9.55. The van der Waals surface area contributed by atoms with E-state index < -0.39 is 24.0 Å². The monoisotopic (exact) mass is 270 g/mol. The smallest absolute Gasteiger partial charge is 0.345 e. The highest BCUT2D eigenvalue weighted by atomic mass is 35.5. The van der Waals surface area contributed by atoms with Gasteiger partial charge in [-0.2, -0.15) is 0 Å². The van der Waals surface area contributed by atoms with Crippen LogP contribution >= 0.6 is 11.6 Å². The van der Waals surface area contributed by atoms with Crippen LogP contribution in [-0.4, -0.2) is 30.3 Å². The molecule has 0 saturated heterocycles. The predicted octanol–water partition coefficient (Wildman–Crippen LogP) is 1.83.